The quantitative estimate of drug-likeness (QED) is 0.256. The summed E-state index contributed by atoms with van der Waals surface area (Å²) in [5.41, 5.74) is 8.02. The first-order valence-electron chi connectivity index (χ1n) is 15.7. The molecule has 0 radical (unpaired) electrons. The lowest BCUT2D eigenvalue weighted by atomic mass is 9.76. The first kappa shape index (κ1) is 33.0. The Kier molecular flexibility index (Phi) is 9.89. The minimum atomic E-state index is -1.12. The summed E-state index contributed by atoms with van der Waals surface area (Å²) in [5, 5.41) is 0. The maximum Gasteiger partial charge on any atom is 0.290 e. The third-order valence-corrected chi connectivity index (χ3v) is 9.52. The minimum absolute atomic E-state index is 0.0323. The molecule has 0 spiro atoms. The molecule has 224 valence electrons. The molecule has 0 N–H and O–H groups in total. The van der Waals surface area contributed by atoms with Crippen molar-refractivity contribution in [2.24, 2.45) is 5.92 Å². The molecule has 3 heteroatoms. The summed E-state index contributed by atoms with van der Waals surface area (Å²) in [5.74, 6) is 2.90. The van der Waals surface area contributed by atoms with Gasteiger partial charge in [0, 0.05) is 23.7 Å². The van der Waals surface area contributed by atoms with Crippen molar-refractivity contribution in [2.45, 2.75) is 151 Å². The maximum atomic E-state index is 7.05. The van der Waals surface area contributed by atoms with Crippen LogP contribution in [0, 0.1) is 5.92 Å². The molecular weight excluding hydrogens is 507 g/mol. The van der Waals surface area contributed by atoms with Gasteiger partial charge in [0.25, 0.3) is 8.38 Å². The fourth-order valence-electron chi connectivity index (χ4n) is 5.33. The number of benzene rings is 2. The molecule has 2 aromatic rings. The summed E-state index contributed by atoms with van der Waals surface area (Å²) < 4.78 is 14.1. The van der Waals surface area contributed by atoms with E-state index in [9.17, 15) is 0 Å². The van der Waals surface area contributed by atoms with Gasteiger partial charge in [-0.1, -0.05) is 140 Å². The van der Waals surface area contributed by atoms with Gasteiger partial charge in [0.05, 0.1) is 0 Å². The molecule has 1 aliphatic heterocycles. The summed E-state index contributed by atoms with van der Waals surface area (Å²) in [6, 6.07) is 9.67. The Hall–Kier alpha value is -1.53. The molecule has 2 nitrogen and oxygen atoms in total. The molecule has 3 rings (SSSR count). The number of hydrogen-bond acceptors (Lipinski definition) is 2. The van der Waals surface area contributed by atoms with Crippen LogP contribution in [-0.4, -0.2) is 6.16 Å². The molecular formula is C37H59O2P. The van der Waals surface area contributed by atoms with E-state index in [4.69, 9.17) is 9.05 Å². The number of hydrogen-bond donors (Lipinski definition) is 0. The third kappa shape index (κ3) is 8.27. The fraction of sp³-hybridized carbons (Fsp3) is 0.676. The third-order valence-electron chi connectivity index (χ3n) is 8.07. The van der Waals surface area contributed by atoms with E-state index in [1.807, 2.05) is 0 Å². The predicted octanol–water partition coefficient (Wildman–Crippen LogP) is 11.8. The van der Waals surface area contributed by atoms with E-state index in [0.717, 1.165) is 36.4 Å². The molecule has 0 saturated carbocycles. The van der Waals surface area contributed by atoms with Gasteiger partial charge in [0.1, 0.15) is 11.5 Å². The van der Waals surface area contributed by atoms with Gasteiger partial charge in [-0.3, -0.25) is 0 Å². The first-order valence-corrected chi connectivity index (χ1v) is 17.0. The minimum Gasteiger partial charge on any atom is -0.438 e. The molecule has 0 bridgehead atoms. The van der Waals surface area contributed by atoms with Crippen molar-refractivity contribution in [3.63, 3.8) is 0 Å². The summed E-state index contributed by atoms with van der Waals surface area (Å²) in [4.78, 5) is 0. The van der Waals surface area contributed by atoms with E-state index in [1.54, 1.807) is 0 Å². The van der Waals surface area contributed by atoms with Crippen LogP contribution in [-0.2, 0) is 28.1 Å². The van der Waals surface area contributed by atoms with Gasteiger partial charge < -0.3 is 9.05 Å². The molecule has 0 atom stereocenters. The van der Waals surface area contributed by atoms with Crippen molar-refractivity contribution in [3.8, 4) is 11.5 Å². The van der Waals surface area contributed by atoms with Crippen LogP contribution in [0.4, 0.5) is 0 Å². The predicted molar refractivity (Wildman–Crippen MR) is 177 cm³/mol. The van der Waals surface area contributed by atoms with Crippen LogP contribution in [0.15, 0.2) is 24.3 Å². The lowest BCUT2D eigenvalue weighted by molar-refractivity contribution is 0.442. The lowest BCUT2D eigenvalue weighted by Crippen LogP contribution is -2.22. The highest BCUT2D eigenvalue weighted by molar-refractivity contribution is 7.48. The molecule has 2 aromatic carbocycles. The molecule has 0 aromatic heterocycles. The van der Waals surface area contributed by atoms with Crippen molar-refractivity contribution >= 4 is 8.38 Å². The van der Waals surface area contributed by atoms with E-state index in [1.165, 1.54) is 52.6 Å². The Labute approximate surface area is 249 Å². The molecule has 0 saturated heterocycles. The Balaban J connectivity index is 2.24. The second-order valence-electron chi connectivity index (χ2n) is 16.7. The Morgan fingerprint density at radius 2 is 1.02 bits per heavy atom. The van der Waals surface area contributed by atoms with Crippen LogP contribution >= 0.6 is 8.38 Å². The van der Waals surface area contributed by atoms with Gasteiger partial charge in [0.2, 0.25) is 0 Å². The molecule has 1 aliphatic rings. The zero-order valence-corrected chi connectivity index (χ0v) is 29.3. The molecule has 0 amide bonds. The molecule has 1 heterocycles. The lowest BCUT2D eigenvalue weighted by Gasteiger charge is -2.35. The van der Waals surface area contributed by atoms with Crippen LogP contribution in [0.1, 0.15) is 156 Å². The molecule has 0 fully saturated rings. The number of unbranched alkanes of at least 4 members (excludes halogenated alkanes) is 2. The van der Waals surface area contributed by atoms with E-state index in [0.29, 0.717) is 0 Å². The normalized spacial score (nSPS) is 15.2. The standard InChI is InChI=1S/C37H59O2P/c1-25(2)18-16-15-17-19-40-38-32-26(21-28(34(3,4)5)23-30(32)36(9,10)11)20-27-22-29(35(6,7)8)24-31(33(27)39-40)37(12,13)14/h21-25H,15-20H2,1-14H3. The van der Waals surface area contributed by atoms with Crippen molar-refractivity contribution < 1.29 is 9.05 Å². The smallest absolute Gasteiger partial charge is 0.290 e. The SMILES string of the molecule is CC(C)CCCCCP1Oc2c(cc(C(C)(C)C)cc2C(C)(C)C)Cc2cc(C(C)(C)C)cc(C(C)(C)C)c2O1. The van der Waals surface area contributed by atoms with Crippen molar-refractivity contribution in [1.82, 2.24) is 0 Å². The number of fused-ring (bicyclic) bond motifs is 2. The maximum absolute atomic E-state index is 7.05. The van der Waals surface area contributed by atoms with Crippen molar-refractivity contribution in [1.29, 1.82) is 0 Å². The molecule has 0 unspecified atom stereocenters. The van der Waals surface area contributed by atoms with E-state index >= 15 is 0 Å². The zero-order chi connectivity index (χ0) is 30.3. The van der Waals surface area contributed by atoms with Gasteiger partial charge in [-0.05, 0) is 56.3 Å². The second-order valence-corrected chi connectivity index (χ2v) is 18.2. The topological polar surface area (TPSA) is 18.5 Å². The Morgan fingerprint density at radius 1 is 0.600 bits per heavy atom. The first-order chi connectivity index (χ1) is 18.2. The summed E-state index contributed by atoms with van der Waals surface area (Å²) in [6.07, 6.45) is 6.72. The van der Waals surface area contributed by atoms with Crippen LogP contribution in [0.2, 0.25) is 0 Å². The van der Waals surface area contributed by atoms with Crippen LogP contribution in [0.5, 0.6) is 11.5 Å². The van der Waals surface area contributed by atoms with Crippen molar-refractivity contribution in [3.05, 3.63) is 57.6 Å². The summed E-state index contributed by atoms with van der Waals surface area (Å²) in [7, 11) is -1.12. The van der Waals surface area contributed by atoms with Gasteiger partial charge >= 0.3 is 0 Å². The average Bonchev–Trinajstić information content (AvgIpc) is 2.75. The van der Waals surface area contributed by atoms with Crippen LogP contribution in [0.3, 0.4) is 0 Å². The fourth-order valence-corrected chi connectivity index (χ4v) is 6.87. The largest absolute Gasteiger partial charge is 0.438 e. The average molecular weight is 567 g/mol. The second kappa shape index (κ2) is 12.0. The van der Waals surface area contributed by atoms with Crippen LogP contribution < -0.4 is 9.05 Å². The highest BCUT2D eigenvalue weighted by atomic mass is 31.2. The Bertz CT molecular complexity index is 1080. The van der Waals surface area contributed by atoms with Crippen LogP contribution in [0.25, 0.3) is 0 Å². The van der Waals surface area contributed by atoms with E-state index in [2.05, 4.69) is 121 Å². The number of rotatable bonds is 6. The van der Waals surface area contributed by atoms with Crippen molar-refractivity contribution in [2.75, 3.05) is 6.16 Å². The van der Waals surface area contributed by atoms with E-state index < -0.39 is 8.38 Å². The zero-order valence-electron chi connectivity index (χ0n) is 28.4. The van der Waals surface area contributed by atoms with Gasteiger partial charge in [-0.2, -0.15) is 0 Å². The van der Waals surface area contributed by atoms with E-state index in [-0.39, 0.29) is 21.7 Å². The van der Waals surface area contributed by atoms with Gasteiger partial charge in [-0.15, -0.1) is 0 Å². The Morgan fingerprint density at radius 3 is 1.38 bits per heavy atom. The van der Waals surface area contributed by atoms with Gasteiger partial charge in [-0.25, -0.2) is 0 Å². The summed E-state index contributed by atoms with van der Waals surface area (Å²) >= 11 is 0. The van der Waals surface area contributed by atoms with Gasteiger partial charge in [0.15, 0.2) is 0 Å². The summed E-state index contributed by atoms with van der Waals surface area (Å²) in [6.45, 7) is 32.5. The molecule has 40 heavy (non-hydrogen) atoms. The monoisotopic (exact) mass is 566 g/mol. The highest BCUT2D eigenvalue weighted by Gasteiger charge is 2.34. The molecule has 0 aliphatic carbocycles. The highest BCUT2D eigenvalue weighted by Crippen LogP contribution is 2.53.